The number of aromatic nitrogens is 2. The summed E-state index contributed by atoms with van der Waals surface area (Å²) in [5.74, 6) is -0.0249. The van der Waals surface area contributed by atoms with E-state index in [1.807, 2.05) is 57.2 Å². The molecule has 1 amide bonds. The van der Waals surface area contributed by atoms with Gasteiger partial charge in [-0.2, -0.15) is 0 Å². The molecular formula is C22H29N3O3. The van der Waals surface area contributed by atoms with Crippen LogP contribution in [-0.4, -0.2) is 44.8 Å². The van der Waals surface area contributed by atoms with E-state index in [2.05, 4.69) is 9.97 Å². The number of carbonyl (C=O) groups excluding carboxylic acids is 1. The van der Waals surface area contributed by atoms with Crippen molar-refractivity contribution in [1.82, 2.24) is 14.9 Å². The number of pyridine rings is 2. The summed E-state index contributed by atoms with van der Waals surface area (Å²) < 4.78 is 5.48. The molecular weight excluding hydrogens is 354 g/mol. The third-order valence-corrected chi connectivity index (χ3v) is 5.11. The summed E-state index contributed by atoms with van der Waals surface area (Å²) in [5, 5.41) is 11.7. The van der Waals surface area contributed by atoms with Crippen LogP contribution in [0.1, 0.15) is 45.0 Å². The van der Waals surface area contributed by atoms with Crippen LogP contribution in [0.3, 0.4) is 0 Å². The van der Waals surface area contributed by atoms with Gasteiger partial charge in [-0.25, -0.2) is 4.79 Å². The number of hydrogen-bond acceptors (Lipinski definition) is 5. The van der Waals surface area contributed by atoms with Gasteiger partial charge in [0.15, 0.2) is 0 Å². The van der Waals surface area contributed by atoms with Gasteiger partial charge in [0.25, 0.3) is 0 Å². The monoisotopic (exact) mass is 383 g/mol. The SMILES string of the molecule is CC(C)(C)OC(=O)N1CCC(C(O)(Cc2ccccn2)c2ccccn2)CC1. The molecule has 3 heterocycles. The van der Waals surface area contributed by atoms with Gasteiger partial charge in [-0.05, 0) is 63.8 Å². The van der Waals surface area contributed by atoms with Gasteiger partial charge in [0.05, 0.1) is 5.69 Å². The first-order valence-electron chi connectivity index (χ1n) is 9.80. The van der Waals surface area contributed by atoms with Crippen LogP contribution in [0.2, 0.25) is 0 Å². The molecule has 0 radical (unpaired) electrons. The zero-order valence-corrected chi connectivity index (χ0v) is 16.8. The summed E-state index contributed by atoms with van der Waals surface area (Å²) in [7, 11) is 0. The van der Waals surface area contributed by atoms with Gasteiger partial charge in [0.1, 0.15) is 11.2 Å². The number of rotatable bonds is 4. The molecule has 0 spiro atoms. The van der Waals surface area contributed by atoms with E-state index in [9.17, 15) is 9.90 Å². The summed E-state index contributed by atoms with van der Waals surface area (Å²) in [6.45, 7) is 6.70. The average Bonchev–Trinajstić information content (AvgIpc) is 2.68. The number of likely N-dealkylation sites (tertiary alicyclic amines) is 1. The molecule has 1 aliphatic heterocycles. The normalized spacial score (nSPS) is 17.8. The Morgan fingerprint density at radius 1 is 1.11 bits per heavy atom. The van der Waals surface area contributed by atoms with Gasteiger partial charge >= 0.3 is 6.09 Å². The van der Waals surface area contributed by atoms with Crippen molar-refractivity contribution >= 4 is 6.09 Å². The van der Waals surface area contributed by atoms with E-state index < -0.39 is 11.2 Å². The minimum atomic E-state index is -1.13. The summed E-state index contributed by atoms with van der Waals surface area (Å²) >= 11 is 0. The number of hydrogen-bond donors (Lipinski definition) is 1. The Labute approximate surface area is 166 Å². The molecule has 1 atom stereocenters. The fraction of sp³-hybridized carbons (Fsp3) is 0.500. The Kier molecular flexibility index (Phi) is 5.98. The van der Waals surface area contributed by atoms with E-state index in [0.29, 0.717) is 38.0 Å². The number of nitrogens with zero attached hydrogens (tertiary/aromatic N) is 3. The third kappa shape index (κ3) is 4.87. The summed E-state index contributed by atoms with van der Waals surface area (Å²) in [4.78, 5) is 22.9. The Morgan fingerprint density at radius 2 is 1.75 bits per heavy atom. The number of carbonyl (C=O) groups is 1. The van der Waals surface area contributed by atoms with Crippen molar-refractivity contribution in [3.05, 3.63) is 60.2 Å². The topological polar surface area (TPSA) is 75.5 Å². The minimum Gasteiger partial charge on any atom is -0.444 e. The molecule has 1 unspecified atom stereocenters. The number of aliphatic hydroxyl groups is 1. The molecule has 1 saturated heterocycles. The van der Waals surface area contributed by atoms with E-state index in [1.165, 1.54) is 0 Å². The second-order valence-corrected chi connectivity index (χ2v) is 8.38. The molecule has 2 aromatic heterocycles. The van der Waals surface area contributed by atoms with Crippen LogP contribution in [0.5, 0.6) is 0 Å². The van der Waals surface area contributed by atoms with Gasteiger partial charge in [-0.15, -0.1) is 0 Å². The molecule has 1 N–H and O–H groups in total. The Morgan fingerprint density at radius 3 is 2.29 bits per heavy atom. The second-order valence-electron chi connectivity index (χ2n) is 8.38. The fourth-order valence-electron chi connectivity index (χ4n) is 3.71. The minimum absolute atomic E-state index is 0.0249. The van der Waals surface area contributed by atoms with E-state index >= 15 is 0 Å². The second kappa shape index (κ2) is 8.27. The fourth-order valence-corrected chi connectivity index (χ4v) is 3.71. The summed E-state index contributed by atoms with van der Waals surface area (Å²) in [5.41, 5.74) is -0.168. The Bertz CT molecular complexity index is 769. The molecule has 0 saturated carbocycles. The smallest absolute Gasteiger partial charge is 0.410 e. The molecule has 1 aliphatic rings. The van der Waals surface area contributed by atoms with Crippen molar-refractivity contribution in [2.75, 3.05) is 13.1 Å². The van der Waals surface area contributed by atoms with Crippen molar-refractivity contribution in [2.24, 2.45) is 5.92 Å². The molecule has 28 heavy (non-hydrogen) atoms. The molecule has 0 aromatic carbocycles. The van der Waals surface area contributed by atoms with Crippen LogP contribution in [0, 0.1) is 5.92 Å². The van der Waals surface area contributed by atoms with Crippen molar-refractivity contribution < 1.29 is 14.6 Å². The van der Waals surface area contributed by atoms with Crippen molar-refractivity contribution in [3.63, 3.8) is 0 Å². The molecule has 0 aliphatic carbocycles. The number of amides is 1. The van der Waals surface area contributed by atoms with Gasteiger partial charge in [-0.1, -0.05) is 12.1 Å². The first-order chi connectivity index (χ1) is 13.3. The van der Waals surface area contributed by atoms with Crippen LogP contribution in [0.25, 0.3) is 0 Å². The molecule has 1 fully saturated rings. The van der Waals surface area contributed by atoms with Crippen LogP contribution < -0.4 is 0 Å². The Hall–Kier alpha value is -2.47. The number of ether oxygens (including phenoxy) is 1. The van der Waals surface area contributed by atoms with E-state index in [-0.39, 0.29) is 12.0 Å². The van der Waals surface area contributed by atoms with Gasteiger partial charge < -0.3 is 14.7 Å². The maximum Gasteiger partial charge on any atom is 0.410 e. The lowest BCUT2D eigenvalue weighted by Gasteiger charge is -2.41. The first kappa shape index (κ1) is 20.3. The van der Waals surface area contributed by atoms with E-state index in [4.69, 9.17) is 4.74 Å². The Balaban J connectivity index is 1.76. The van der Waals surface area contributed by atoms with Crippen LogP contribution in [0.15, 0.2) is 48.8 Å². The summed E-state index contributed by atoms with van der Waals surface area (Å²) in [6.07, 6.45) is 4.89. The van der Waals surface area contributed by atoms with Crippen molar-refractivity contribution in [3.8, 4) is 0 Å². The summed E-state index contributed by atoms with van der Waals surface area (Å²) in [6, 6.07) is 11.3. The van der Waals surface area contributed by atoms with Crippen molar-refractivity contribution in [2.45, 2.75) is 51.2 Å². The zero-order valence-electron chi connectivity index (χ0n) is 16.8. The maximum absolute atomic E-state index is 12.3. The lowest BCUT2D eigenvalue weighted by molar-refractivity contribution is -0.0553. The maximum atomic E-state index is 12.3. The lowest BCUT2D eigenvalue weighted by atomic mass is 9.75. The van der Waals surface area contributed by atoms with Gasteiger partial charge in [0.2, 0.25) is 0 Å². The molecule has 6 heteroatoms. The standard InChI is InChI=1S/C22H29N3O3/c1-21(2,3)28-20(26)25-14-10-17(11-15-25)22(27,19-9-5-7-13-24-19)16-18-8-4-6-12-23-18/h4-9,12-13,17,27H,10-11,14-16H2,1-3H3. The zero-order chi connectivity index (χ0) is 20.2. The first-order valence-corrected chi connectivity index (χ1v) is 9.80. The molecule has 6 nitrogen and oxygen atoms in total. The average molecular weight is 383 g/mol. The molecule has 150 valence electrons. The molecule has 3 rings (SSSR count). The van der Waals surface area contributed by atoms with Crippen LogP contribution >= 0.6 is 0 Å². The highest BCUT2D eigenvalue weighted by Crippen LogP contribution is 2.38. The number of piperidine rings is 1. The third-order valence-electron chi connectivity index (χ3n) is 5.11. The van der Waals surface area contributed by atoms with E-state index in [1.54, 1.807) is 17.3 Å². The quantitative estimate of drug-likeness (QED) is 0.874. The predicted molar refractivity (Wildman–Crippen MR) is 107 cm³/mol. The van der Waals surface area contributed by atoms with Gasteiger partial charge in [0, 0.05) is 37.6 Å². The molecule has 2 aromatic rings. The van der Waals surface area contributed by atoms with Crippen molar-refractivity contribution in [1.29, 1.82) is 0 Å². The highest BCUT2D eigenvalue weighted by atomic mass is 16.6. The van der Waals surface area contributed by atoms with Gasteiger partial charge in [-0.3, -0.25) is 9.97 Å². The predicted octanol–water partition coefficient (Wildman–Crippen LogP) is 3.55. The van der Waals surface area contributed by atoms with E-state index in [0.717, 1.165) is 5.69 Å². The molecule has 0 bridgehead atoms. The highest BCUT2D eigenvalue weighted by Gasteiger charge is 2.42. The van der Waals surface area contributed by atoms with Crippen LogP contribution in [-0.2, 0) is 16.8 Å². The highest BCUT2D eigenvalue weighted by molar-refractivity contribution is 5.68. The van der Waals surface area contributed by atoms with Crippen LogP contribution in [0.4, 0.5) is 4.79 Å². The largest absolute Gasteiger partial charge is 0.444 e. The lowest BCUT2D eigenvalue weighted by Crippen LogP contribution is -2.48.